The van der Waals surface area contributed by atoms with Crippen molar-refractivity contribution < 1.29 is 4.74 Å². The van der Waals surface area contributed by atoms with Crippen LogP contribution in [-0.4, -0.2) is 61.8 Å². The lowest BCUT2D eigenvalue weighted by Gasteiger charge is -2.37. The van der Waals surface area contributed by atoms with Crippen LogP contribution in [0, 0.1) is 5.92 Å². The number of hydrogen-bond donors (Lipinski definition) is 2. The highest BCUT2D eigenvalue weighted by Gasteiger charge is 2.23. The maximum absolute atomic E-state index is 5.48. The predicted molar refractivity (Wildman–Crippen MR) is 121 cm³/mol. The van der Waals surface area contributed by atoms with E-state index in [2.05, 4.69) is 58.6 Å². The van der Waals surface area contributed by atoms with Gasteiger partial charge in [0.15, 0.2) is 5.96 Å². The second-order valence-corrected chi connectivity index (χ2v) is 7.99. The monoisotopic (exact) mass is 495 g/mol. The molecule has 1 fully saturated rings. The highest BCUT2D eigenvalue weighted by Crippen LogP contribution is 2.19. The molecule has 1 aromatic heterocycles. The SMILES string of the molecule is CN=C(NCc1csc(C(C)C)n1)NCC(C(C)C)N1CCOCC1.I. The Labute approximate surface area is 179 Å². The van der Waals surface area contributed by atoms with Crippen molar-refractivity contribution in [2.24, 2.45) is 10.9 Å². The molecule has 1 atom stereocenters. The van der Waals surface area contributed by atoms with Crippen LogP contribution in [0.25, 0.3) is 0 Å². The van der Waals surface area contributed by atoms with Crippen molar-refractivity contribution >= 4 is 41.3 Å². The molecule has 0 radical (unpaired) electrons. The van der Waals surface area contributed by atoms with Crippen LogP contribution < -0.4 is 10.6 Å². The lowest BCUT2D eigenvalue weighted by atomic mass is 10.0. The molecule has 6 nitrogen and oxygen atoms in total. The number of ether oxygens (including phenoxy) is 1. The van der Waals surface area contributed by atoms with Crippen LogP contribution in [0.4, 0.5) is 0 Å². The quantitative estimate of drug-likeness (QED) is 0.346. The van der Waals surface area contributed by atoms with Gasteiger partial charge in [-0.1, -0.05) is 27.7 Å². The van der Waals surface area contributed by atoms with Crippen LogP contribution in [0.5, 0.6) is 0 Å². The molecule has 0 bridgehead atoms. The molecular weight excluding hydrogens is 461 g/mol. The van der Waals surface area contributed by atoms with E-state index in [0.717, 1.165) is 44.5 Å². The third kappa shape index (κ3) is 7.28. The van der Waals surface area contributed by atoms with Gasteiger partial charge in [-0.05, 0) is 5.92 Å². The summed E-state index contributed by atoms with van der Waals surface area (Å²) in [6.07, 6.45) is 0. The molecule has 0 saturated carbocycles. The van der Waals surface area contributed by atoms with Gasteiger partial charge in [0.25, 0.3) is 0 Å². The molecule has 2 rings (SSSR count). The average Bonchev–Trinajstić information content (AvgIpc) is 3.08. The number of hydrogen-bond acceptors (Lipinski definition) is 5. The maximum atomic E-state index is 5.48. The smallest absolute Gasteiger partial charge is 0.191 e. The molecule has 1 aromatic rings. The maximum Gasteiger partial charge on any atom is 0.191 e. The molecule has 0 aliphatic carbocycles. The second kappa shape index (κ2) is 12.1. The number of nitrogens with one attached hydrogen (secondary N) is 2. The lowest BCUT2D eigenvalue weighted by molar-refractivity contribution is 0.00752. The third-order valence-corrected chi connectivity index (χ3v) is 5.68. The van der Waals surface area contributed by atoms with E-state index in [4.69, 9.17) is 4.74 Å². The van der Waals surface area contributed by atoms with Crippen molar-refractivity contribution in [3.63, 3.8) is 0 Å². The van der Waals surface area contributed by atoms with E-state index in [-0.39, 0.29) is 24.0 Å². The largest absolute Gasteiger partial charge is 0.379 e. The summed E-state index contributed by atoms with van der Waals surface area (Å²) in [5.74, 6) is 1.89. The van der Waals surface area contributed by atoms with Crippen LogP contribution in [0.15, 0.2) is 10.4 Å². The lowest BCUT2D eigenvalue weighted by Crippen LogP contribution is -2.52. The van der Waals surface area contributed by atoms with E-state index in [1.165, 1.54) is 5.01 Å². The van der Waals surface area contributed by atoms with Crippen LogP contribution in [-0.2, 0) is 11.3 Å². The van der Waals surface area contributed by atoms with Crippen LogP contribution in [0.3, 0.4) is 0 Å². The number of aromatic nitrogens is 1. The minimum absolute atomic E-state index is 0. The first kappa shape index (κ1) is 23.6. The van der Waals surface area contributed by atoms with Crippen molar-refractivity contribution in [1.29, 1.82) is 0 Å². The van der Waals surface area contributed by atoms with Crippen molar-refractivity contribution in [3.8, 4) is 0 Å². The molecule has 0 aromatic carbocycles. The molecule has 2 heterocycles. The Hall–Kier alpha value is -0.450. The fourth-order valence-corrected chi connectivity index (χ4v) is 3.80. The first-order valence-corrected chi connectivity index (χ1v) is 10.1. The predicted octanol–water partition coefficient (Wildman–Crippen LogP) is 2.91. The van der Waals surface area contributed by atoms with E-state index in [1.54, 1.807) is 11.3 Å². The Morgan fingerprint density at radius 1 is 1.27 bits per heavy atom. The zero-order chi connectivity index (χ0) is 18.2. The number of morpholine rings is 1. The summed E-state index contributed by atoms with van der Waals surface area (Å²) in [4.78, 5) is 11.5. The standard InChI is InChI=1S/C18H33N5OS.HI/c1-13(2)16(23-6-8-24-9-7-23)11-21-18(19-5)20-10-15-12-25-17(22-15)14(3)4;/h12-14,16H,6-11H2,1-5H3,(H2,19,20,21);1H. The van der Waals surface area contributed by atoms with Crippen LogP contribution in [0.1, 0.15) is 44.3 Å². The van der Waals surface area contributed by atoms with Gasteiger partial charge in [-0.15, -0.1) is 35.3 Å². The van der Waals surface area contributed by atoms with Crippen molar-refractivity contribution in [3.05, 3.63) is 16.1 Å². The highest BCUT2D eigenvalue weighted by molar-refractivity contribution is 14.0. The minimum Gasteiger partial charge on any atom is -0.379 e. The fraction of sp³-hybridized carbons (Fsp3) is 0.778. The van der Waals surface area contributed by atoms with Gasteiger partial charge < -0.3 is 15.4 Å². The summed E-state index contributed by atoms with van der Waals surface area (Å²) in [6, 6.07) is 0.481. The summed E-state index contributed by atoms with van der Waals surface area (Å²) in [5.41, 5.74) is 1.07. The molecule has 0 amide bonds. The molecule has 1 aliphatic rings. The minimum atomic E-state index is 0. The normalized spacial score (nSPS) is 17.3. The average molecular weight is 495 g/mol. The topological polar surface area (TPSA) is 61.8 Å². The van der Waals surface area contributed by atoms with Gasteiger partial charge >= 0.3 is 0 Å². The zero-order valence-corrected chi connectivity index (χ0v) is 19.8. The van der Waals surface area contributed by atoms with Crippen molar-refractivity contribution in [2.45, 2.75) is 46.2 Å². The first-order chi connectivity index (χ1) is 12.0. The number of nitrogens with zero attached hydrogens (tertiary/aromatic N) is 3. The second-order valence-electron chi connectivity index (χ2n) is 7.10. The third-order valence-electron chi connectivity index (χ3n) is 4.49. The van der Waals surface area contributed by atoms with Gasteiger partial charge in [-0.25, -0.2) is 4.98 Å². The molecule has 1 unspecified atom stereocenters. The Balaban J connectivity index is 0.00000338. The molecule has 1 aliphatic heterocycles. The molecule has 150 valence electrons. The van der Waals surface area contributed by atoms with E-state index in [0.29, 0.717) is 24.4 Å². The Bertz CT molecular complexity index is 543. The van der Waals surface area contributed by atoms with Gasteiger partial charge in [0.2, 0.25) is 0 Å². The van der Waals surface area contributed by atoms with Gasteiger partial charge in [0.05, 0.1) is 30.5 Å². The summed E-state index contributed by atoms with van der Waals surface area (Å²) in [5, 5.41) is 10.2. The van der Waals surface area contributed by atoms with E-state index < -0.39 is 0 Å². The molecule has 2 N–H and O–H groups in total. The molecular formula is C18H34IN5OS. The van der Waals surface area contributed by atoms with Crippen molar-refractivity contribution in [2.75, 3.05) is 39.9 Å². The number of thiazole rings is 1. The molecule has 8 heteroatoms. The molecule has 1 saturated heterocycles. The summed E-state index contributed by atoms with van der Waals surface area (Å²) >= 11 is 1.73. The Morgan fingerprint density at radius 3 is 2.50 bits per heavy atom. The molecule has 26 heavy (non-hydrogen) atoms. The number of aliphatic imine (C=N–C) groups is 1. The first-order valence-electron chi connectivity index (χ1n) is 9.21. The van der Waals surface area contributed by atoms with Gasteiger partial charge in [-0.3, -0.25) is 9.89 Å². The molecule has 0 spiro atoms. The van der Waals surface area contributed by atoms with Crippen molar-refractivity contribution in [1.82, 2.24) is 20.5 Å². The zero-order valence-electron chi connectivity index (χ0n) is 16.6. The Morgan fingerprint density at radius 2 is 1.96 bits per heavy atom. The van der Waals surface area contributed by atoms with E-state index in [9.17, 15) is 0 Å². The van der Waals surface area contributed by atoms with Gasteiger partial charge in [0, 0.05) is 44.0 Å². The van der Waals surface area contributed by atoms with E-state index in [1.807, 2.05) is 7.05 Å². The van der Waals surface area contributed by atoms with E-state index >= 15 is 0 Å². The summed E-state index contributed by atoms with van der Waals surface area (Å²) in [6.45, 7) is 14.2. The summed E-state index contributed by atoms with van der Waals surface area (Å²) in [7, 11) is 1.81. The fourth-order valence-electron chi connectivity index (χ4n) is 2.96. The summed E-state index contributed by atoms with van der Waals surface area (Å²) < 4.78 is 5.48. The van der Waals surface area contributed by atoms with Crippen LogP contribution >= 0.6 is 35.3 Å². The van der Waals surface area contributed by atoms with Gasteiger partial charge in [-0.2, -0.15) is 0 Å². The van der Waals surface area contributed by atoms with Crippen LogP contribution in [0.2, 0.25) is 0 Å². The number of rotatable bonds is 7. The Kier molecular flexibility index (Phi) is 11.0. The van der Waals surface area contributed by atoms with Gasteiger partial charge in [0.1, 0.15) is 0 Å². The number of guanidine groups is 1. The highest BCUT2D eigenvalue weighted by atomic mass is 127. The number of halogens is 1.